The fourth-order valence-corrected chi connectivity index (χ4v) is 1.39. The first-order valence-corrected chi connectivity index (χ1v) is 5.40. The molecule has 1 saturated heterocycles. The number of alkyl halides is 3. The maximum absolute atomic E-state index is 10.6. The van der Waals surface area contributed by atoms with E-state index >= 15 is 0 Å². The molecular formula is C10H18F3NO2. The van der Waals surface area contributed by atoms with Gasteiger partial charge in [0, 0.05) is 0 Å². The van der Waals surface area contributed by atoms with Crippen LogP contribution < -0.4 is 0 Å². The van der Waals surface area contributed by atoms with Gasteiger partial charge in [0.25, 0.3) is 0 Å². The highest BCUT2D eigenvalue weighted by Gasteiger charge is 2.38. The van der Waals surface area contributed by atoms with E-state index in [4.69, 9.17) is 9.90 Å². The fourth-order valence-electron chi connectivity index (χ4n) is 1.39. The molecule has 0 atom stereocenters. The predicted octanol–water partition coefficient (Wildman–Crippen LogP) is 2.52. The Bertz CT molecular complexity index is 201. The maximum Gasteiger partial charge on any atom is 0.490 e. The van der Waals surface area contributed by atoms with Crippen LogP contribution in [0, 0.1) is 0 Å². The van der Waals surface area contributed by atoms with Crippen LogP contribution in [-0.2, 0) is 4.79 Å². The zero-order chi connectivity index (χ0) is 12.6. The summed E-state index contributed by atoms with van der Waals surface area (Å²) in [4.78, 5) is 11.5. The van der Waals surface area contributed by atoms with E-state index < -0.39 is 12.1 Å². The molecule has 0 aromatic rings. The van der Waals surface area contributed by atoms with Crippen molar-refractivity contribution in [3.8, 4) is 0 Å². The van der Waals surface area contributed by atoms with E-state index in [1.165, 1.54) is 45.3 Å². The number of carbonyl (C=O) groups is 1. The van der Waals surface area contributed by atoms with Gasteiger partial charge in [-0.1, -0.05) is 13.3 Å². The summed E-state index contributed by atoms with van der Waals surface area (Å²) < 4.78 is 31.7. The number of halogens is 3. The van der Waals surface area contributed by atoms with Crippen LogP contribution in [-0.4, -0.2) is 41.8 Å². The lowest BCUT2D eigenvalue weighted by molar-refractivity contribution is -0.192. The van der Waals surface area contributed by atoms with Gasteiger partial charge in [0.05, 0.1) is 0 Å². The Morgan fingerprint density at radius 3 is 2.06 bits per heavy atom. The minimum absolute atomic E-state index is 1.34. The summed E-state index contributed by atoms with van der Waals surface area (Å²) in [5, 5.41) is 7.12. The normalized spacial score (nSPS) is 16.8. The highest BCUT2D eigenvalue weighted by molar-refractivity contribution is 5.73. The second kappa shape index (κ2) is 7.49. The number of carboxylic acids is 1. The number of rotatable bonds is 3. The van der Waals surface area contributed by atoms with Gasteiger partial charge >= 0.3 is 12.1 Å². The molecule has 6 heteroatoms. The van der Waals surface area contributed by atoms with E-state index in [1.807, 2.05) is 0 Å². The zero-order valence-corrected chi connectivity index (χ0v) is 9.39. The van der Waals surface area contributed by atoms with E-state index in [-0.39, 0.29) is 0 Å². The Morgan fingerprint density at radius 2 is 1.75 bits per heavy atom. The lowest BCUT2D eigenvalue weighted by Gasteiger charge is -2.12. The number of nitrogens with zero attached hydrogens (tertiary/aromatic N) is 1. The number of hydrogen-bond donors (Lipinski definition) is 1. The van der Waals surface area contributed by atoms with E-state index in [1.54, 1.807) is 0 Å². The molecule has 0 aromatic carbocycles. The highest BCUT2D eigenvalue weighted by atomic mass is 19.4. The van der Waals surface area contributed by atoms with Crippen molar-refractivity contribution in [1.82, 2.24) is 4.90 Å². The van der Waals surface area contributed by atoms with Crippen molar-refractivity contribution >= 4 is 5.97 Å². The third-order valence-corrected chi connectivity index (χ3v) is 2.27. The molecule has 1 fully saturated rings. The van der Waals surface area contributed by atoms with Gasteiger partial charge in [-0.15, -0.1) is 0 Å². The molecule has 0 unspecified atom stereocenters. The molecule has 1 heterocycles. The van der Waals surface area contributed by atoms with Crippen molar-refractivity contribution in [3.05, 3.63) is 0 Å². The molecule has 0 aliphatic carbocycles. The van der Waals surface area contributed by atoms with Crippen LogP contribution in [0.1, 0.15) is 32.6 Å². The molecule has 1 rings (SSSR count). The predicted molar refractivity (Wildman–Crippen MR) is 54.3 cm³/mol. The van der Waals surface area contributed by atoms with Crippen LogP contribution in [0.3, 0.4) is 0 Å². The first kappa shape index (κ1) is 15.2. The average Bonchev–Trinajstić information content (AvgIpc) is 2.66. The quantitative estimate of drug-likeness (QED) is 0.825. The summed E-state index contributed by atoms with van der Waals surface area (Å²) in [5.41, 5.74) is 0. The maximum atomic E-state index is 10.6. The first-order valence-electron chi connectivity index (χ1n) is 5.40. The summed E-state index contributed by atoms with van der Waals surface area (Å²) in [6.45, 7) is 6.33. The standard InChI is InChI=1S/C8H17N.C2HF3O2/c1-2-3-6-9-7-4-5-8-9;3-2(4,5)1(6)7/h2-8H2,1H3;(H,6,7). The van der Waals surface area contributed by atoms with Crippen LogP contribution >= 0.6 is 0 Å². The summed E-state index contributed by atoms with van der Waals surface area (Å²) in [6.07, 6.45) is 0.518. The van der Waals surface area contributed by atoms with Gasteiger partial charge < -0.3 is 10.0 Å². The summed E-state index contributed by atoms with van der Waals surface area (Å²) >= 11 is 0. The fraction of sp³-hybridized carbons (Fsp3) is 0.900. The molecule has 3 nitrogen and oxygen atoms in total. The summed E-state index contributed by atoms with van der Waals surface area (Å²) in [6, 6.07) is 0. The Morgan fingerprint density at radius 1 is 1.31 bits per heavy atom. The molecule has 0 aromatic heterocycles. The third-order valence-electron chi connectivity index (χ3n) is 2.27. The molecule has 0 amide bonds. The van der Waals surface area contributed by atoms with Gasteiger partial charge in [-0.3, -0.25) is 0 Å². The number of likely N-dealkylation sites (tertiary alicyclic amines) is 1. The summed E-state index contributed by atoms with van der Waals surface area (Å²) in [5.74, 6) is -2.76. The molecule has 0 radical (unpaired) electrons. The first-order chi connectivity index (χ1) is 7.38. The monoisotopic (exact) mass is 241 g/mol. The Labute approximate surface area is 93.2 Å². The van der Waals surface area contributed by atoms with Crippen LogP contribution in [0.15, 0.2) is 0 Å². The van der Waals surface area contributed by atoms with Crippen LogP contribution in [0.5, 0.6) is 0 Å². The SMILES string of the molecule is CCCCN1CCCC1.O=C(O)C(F)(F)F. The van der Waals surface area contributed by atoms with Gasteiger partial charge in [0.1, 0.15) is 0 Å². The van der Waals surface area contributed by atoms with Gasteiger partial charge in [-0.05, 0) is 38.9 Å². The van der Waals surface area contributed by atoms with Crippen molar-refractivity contribution in [1.29, 1.82) is 0 Å². The Hall–Kier alpha value is -0.780. The third kappa shape index (κ3) is 7.50. The molecule has 1 N–H and O–H groups in total. The number of carboxylic acid groups (broad SMARTS) is 1. The summed E-state index contributed by atoms with van der Waals surface area (Å²) in [7, 11) is 0. The van der Waals surface area contributed by atoms with E-state index in [0.29, 0.717) is 0 Å². The van der Waals surface area contributed by atoms with Crippen LogP contribution in [0.4, 0.5) is 13.2 Å². The smallest absolute Gasteiger partial charge is 0.475 e. The van der Waals surface area contributed by atoms with Gasteiger partial charge in [0.2, 0.25) is 0 Å². The Kier molecular flexibility index (Phi) is 7.12. The van der Waals surface area contributed by atoms with Gasteiger partial charge in [0.15, 0.2) is 0 Å². The second-order valence-electron chi connectivity index (χ2n) is 3.71. The lowest BCUT2D eigenvalue weighted by atomic mass is 10.3. The molecule has 0 saturated carbocycles. The molecular weight excluding hydrogens is 223 g/mol. The van der Waals surface area contributed by atoms with Crippen LogP contribution in [0.2, 0.25) is 0 Å². The molecule has 1 aliphatic heterocycles. The second-order valence-corrected chi connectivity index (χ2v) is 3.71. The minimum Gasteiger partial charge on any atom is -0.475 e. The molecule has 0 spiro atoms. The molecule has 16 heavy (non-hydrogen) atoms. The minimum atomic E-state index is -5.08. The van der Waals surface area contributed by atoms with Crippen molar-refractivity contribution < 1.29 is 23.1 Å². The largest absolute Gasteiger partial charge is 0.490 e. The highest BCUT2D eigenvalue weighted by Crippen LogP contribution is 2.13. The van der Waals surface area contributed by atoms with E-state index in [2.05, 4.69) is 11.8 Å². The van der Waals surface area contributed by atoms with E-state index in [9.17, 15) is 13.2 Å². The number of hydrogen-bond acceptors (Lipinski definition) is 2. The Balaban J connectivity index is 0.000000293. The van der Waals surface area contributed by atoms with Gasteiger partial charge in [-0.2, -0.15) is 13.2 Å². The van der Waals surface area contributed by atoms with Crippen molar-refractivity contribution in [3.63, 3.8) is 0 Å². The number of unbranched alkanes of at least 4 members (excludes halogenated alkanes) is 1. The average molecular weight is 241 g/mol. The van der Waals surface area contributed by atoms with Gasteiger partial charge in [-0.25, -0.2) is 4.79 Å². The topological polar surface area (TPSA) is 40.5 Å². The van der Waals surface area contributed by atoms with Crippen molar-refractivity contribution in [2.24, 2.45) is 0 Å². The molecule has 1 aliphatic rings. The zero-order valence-electron chi connectivity index (χ0n) is 9.39. The van der Waals surface area contributed by atoms with Crippen molar-refractivity contribution in [2.75, 3.05) is 19.6 Å². The van der Waals surface area contributed by atoms with Crippen LogP contribution in [0.25, 0.3) is 0 Å². The lowest BCUT2D eigenvalue weighted by Crippen LogP contribution is -2.21. The molecule has 0 bridgehead atoms. The number of aliphatic carboxylic acids is 1. The molecule has 96 valence electrons. The van der Waals surface area contributed by atoms with E-state index in [0.717, 1.165) is 0 Å². The van der Waals surface area contributed by atoms with Crippen molar-refractivity contribution in [2.45, 2.75) is 38.8 Å².